The van der Waals surface area contributed by atoms with Crippen molar-refractivity contribution in [3.05, 3.63) is 76.8 Å². The largest absolute Gasteiger partial charge is 0.355 e. The Balaban J connectivity index is 1.29. The standard InChI is InChI=1S/C22H23N3O2/c26-20(23-15-22(12-13-22)17-7-2-1-3-8-17)11-6-14-25-16-24-19-10-5-4-9-18(19)21(25)27/h1-5,7-10,16H,6,11-15H2,(H,23,26). The zero-order chi connectivity index (χ0) is 18.7. The van der Waals surface area contributed by atoms with E-state index in [1.807, 2.05) is 36.4 Å². The lowest BCUT2D eigenvalue weighted by atomic mass is 9.96. The summed E-state index contributed by atoms with van der Waals surface area (Å²) in [6, 6.07) is 17.7. The molecule has 5 heteroatoms. The van der Waals surface area contributed by atoms with Crippen molar-refractivity contribution in [3.8, 4) is 0 Å². The number of para-hydroxylation sites is 1. The number of benzene rings is 2. The van der Waals surface area contributed by atoms with E-state index in [1.165, 1.54) is 5.56 Å². The molecule has 0 aliphatic heterocycles. The molecule has 0 atom stereocenters. The van der Waals surface area contributed by atoms with Crippen molar-refractivity contribution in [2.75, 3.05) is 6.54 Å². The quantitative estimate of drug-likeness (QED) is 0.703. The van der Waals surface area contributed by atoms with Crippen molar-refractivity contribution in [1.29, 1.82) is 0 Å². The lowest BCUT2D eigenvalue weighted by Crippen LogP contribution is -2.32. The number of nitrogens with zero attached hydrogens (tertiary/aromatic N) is 2. The first-order valence-corrected chi connectivity index (χ1v) is 9.44. The third-order valence-corrected chi connectivity index (χ3v) is 5.40. The van der Waals surface area contributed by atoms with Crippen LogP contribution >= 0.6 is 0 Å². The Labute approximate surface area is 158 Å². The van der Waals surface area contributed by atoms with Gasteiger partial charge < -0.3 is 5.32 Å². The second-order valence-corrected chi connectivity index (χ2v) is 7.29. The number of hydrogen-bond donors (Lipinski definition) is 1. The third kappa shape index (κ3) is 3.77. The van der Waals surface area contributed by atoms with Crippen LogP contribution in [0.25, 0.3) is 10.9 Å². The highest BCUT2D eigenvalue weighted by Gasteiger charge is 2.44. The number of aromatic nitrogens is 2. The van der Waals surface area contributed by atoms with E-state index < -0.39 is 0 Å². The van der Waals surface area contributed by atoms with Gasteiger partial charge in [0.15, 0.2) is 0 Å². The molecule has 1 amide bonds. The van der Waals surface area contributed by atoms with Gasteiger partial charge in [0.1, 0.15) is 0 Å². The summed E-state index contributed by atoms with van der Waals surface area (Å²) >= 11 is 0. The lowest BCUT2D eigenvalue weighted by molar-refractivity contribution is -0.121. The molecule has 138 valence electrons. The van der Waals surface area contributed by atoms with Crippen LogP contribution in [0.3, 0.4) is 0 Å². The molecular weight excluding hydrogens is 338 g/mol. The molecular formula is C22H23N3O2. The van der Waals surface area contributed by atoms with E-state index >= 15 is 0 Å². The number of rotatable bonds is 7. The van der Waals surface area contributed by atoms with E-state index in [1.54, 1.807) is 17.0 Å². The van der Waals surface area contributed by atoms with Crippen molar-refractivity contribution in [2.45, 2.75) is 37.6 Å². The molecule has 1 aromatic heterocycles. The van der Waals surface area contributed by atoms with Crippen LogP contribution in [0.4, 0.5) is 0 Å². The molecule has 0 saturated heterocycles. The van der Waals surface area contributed by atoms with Gasteiger partial charge in [0, 0.05) is 24.9 Å². The maximum absolute atomic E-state index is 12.4. The van der Waals surface area contributed by atoms with E-state index in [0.29, 0.717) is 36.8 Å². The van der Waals surface area contributed by atoms with E-state index in [9.17, 15) is 9.59 Å². The highest BCUT2D eigenvalue weighted by molar-refractivity contribution is 5.77. The van der Waals surface area contributed by atoms with Gasteiger partial charge in [-0.3, -0.25) is 14.2 Å². The summed E-state index contributed by atoms with van der Waals surface area (Å²) in [4.78, 5) is 29.0. The smallest absolute Gasteiger partial charge is 0.261 e. The fraction of sp³-hybridized carbons (Fsp3) is 0.318. The van der Waals surface area contributed by atoms with Crippen LogP contribution in [-0.2, 0) is 16.8 Å². The van der Waals surface area contributed by atoms with E-state index in [0.717, 1.165) is 12.8 Å². The summed E-state index contributed by atoms with van der Waals surface area (Å²) in [6.07, 6.45) is 4.83. The fourth-order valence-electron chi connectivity index (χ4n) is 3.54. The van der Waals surface area contributed by atoms with Crippen LogP contribution in [0.2, 0.25) is 0 Å². The monoisotopic (exact) mass is 361 g/mol. The van der Waals surface area contributed by atoms with Gasteiger partial charge in [-0.15, -0.1) is 0 Å². The van der Waals surface area contributed by atoms with Crippen LogP contribution in [0.5, 0.6) is 0 Å². The zero-order valence-corrected chi connectivity index (χ0v) is 15.2. The molecule has 4 rings (SSSR count). The molecule has 5 nitrogen and oxygen atoms in total. The number of nitrogens with one attached hydrogen (secondary N) is 1. The van der Waals surface area contributed by atoms with Gasteiger partial charge in [0.25, 0.3) is 5.56 Å². The number of hydrogen-bond acceptors (Lipinski definition) is 3. The minimum absolute atomic E-state index is 0.0407. The first-order valence-electron chi connectivity index (χ1n) is 9.44. The number of aryl methyl sites for hydroxylation is 1. The molecule has 0 spiro atoms. The molecule has 0 unspecified atom stereocenters. The maximum Gasteiger partial charge on any atom is 0.261 e. The average Bonchev–Trinajstić information content (AvgIpc) is 3.50. The van der Waals surface area contributed by atoms with Crippen molar-refractivity contribution >= 4 is 16.8 Å². The average molecular weight is 361 g/mol. The predicted molar refractivity (Wildman–Crippen MR) is 106 cm³/mol. The van der Waals surface area contributed by atoms with Gasteiger partial charge in [-0.2, -0.15) is 0 Å². The number of amides is 1. The van der Waals surface area contributed by atoms with Gasteiger partial charge in [-0.25, -0.2) is 4.98 Å². The lowest BCUT2D eigenvalue weighted by Gasteiger charge is -2.16. The zero-order valence-electron chi connectivity index (χ0n) is 15.2. The molecule has 1 saturated carbocycles. The first kappa shape index (κ1) is 17.5. The highest BCUT2D eigenvalue weighted by Crippen LogP contribution is 2.47. The normalized spacial score (nSPS) is 14.8. The van der Waals surface area contributed by atoms with Crippen molar-refractivity contribution in [2.24, 2.45) is 0 Å². The molecule has 1 fully saturated rings. The summed E-state index contributed by atoms with van der Waals surface area (Å²) in [5, 5.41) is 3.69. The maximum atomic E-state index is 12.4. The van der Waals surface area contributed by atoms with Gasteiger partial charge in [-0.05, 0) is 37.0 Å². The number of fused-ring (bicyclic) bond motifs is 1. The molecule has 0 radical (unpaired) electrons. The molecule has 1 N–H and O–H groups in total. The Morgan fingerprint density at radius 2 is 1.81 bits per heavy atom. The molecule has 1 heterocycles. The van der Waals surface area contributed by atoms with Crippen LogP contribution in [0.15, 0.2) is 65.7 Å². The van der Waals surface area contributed by atoms with Crippen LogP contribution < -0.4 is 10.9 Å². The Hall–Kier alpha value is -2.95. The fourth-order valence-corrected chi connectivity index (χ4v) is 3.54. The van der Waals surface area contributed by atoms with Gasteiger partial charge in [0.2, 0.25) is 5.91 Å². The van der Waals surface area contributed by atoms with E-state index in [-0.39, 0.29) is 16.9 Å². The molecule has 3 aromatic rings. The summed E-state index contributed by atoms with van der Waals surface area (Å²) in [5.41, 5.74) is 2.07. The van der Waals surface area contributed by atoms with Crippen molar-refractivity contribution in [3.63, 3.8) is 0 Å². The van der Waals surface area contributed by atoms with Gasteiger partial charge in [-0.1, -0.05) is 42.5 Å². The Kier molecular flexibility index (Phi) is 4.75. The second-order valence-electron chi connectivity index (χ2n) is 7.29. The molecule has 27 heavy (non-hydrogen) atoms. The number of carbonyl (C=O) groups is 1. The van der Waals surface area contributed by atoms with Crippen LogP contribution in [0, 0.1) is 0 Å². The van der Waals surface area contributed by atoms with Gasteiger partial charge >= 0.3 is 0 Å². The van der Waals surface area contributed by atoms with Crippen molar-refractivity contribution in [1.82, 2.24) is 14.9 Å². The Bertz CT molecular complexity index is 1010. The summed E-state index contributed by atoms with van der Waals surface area (Å²) in [5.74, 6) is 0.0407. The molecule has 1 aliphatic rings. The Morgan fingerprint density at radius 1 is 1.07 bits per heavy atom. The van der Waals surface area contributed by atoms with Crippen LogP contribution in [0.1, 0.15) is 31.2 Å². The first-order chi connectivity index (χ1) is 13.2. The summed E-state index contributed by atoms with van der Waals surface area (Å²) < 4.78 is 1.59. The minimum atomic E-state index is -0.0537. The summed E-state index contributed by atoms with van der Waals surface area (Å²) in [6.45, 7) is 1.18. The van der Waals surface area contributed by atoms with Gasteiger partial charge in [0.05, 0.1) is 17.2 Å². The third-order valence-electron chi connectivity index (χ3n) is 5.40. The van der Waals surface area contributed by atoms with E-state index in [4.69, 9.17) is 0 Å². The Morgan fingerprint density at radius 3 is 2.59 bits per heavy atom. The van der Waals surface area contributed by atoms with Crippen LogP contribution in [-0.4, -0.2) is 22.0 Å². The predicted octanol–water partition coefficient (Wildman–Crippen LogP) is 3.02. The molecule has 1 aliphatic carbocycles. The minimum Gasteiger partial charge on any atom is -0.355 e. The van der Waals surface area contributed by atoms with Crippen molar-refractivity contribution < 1.29 is 4.79 Å². The topological polar surface area (TPSA) is 64.0 Å². The molecule has 2 aromatic carbocycles. The second kappa shape index (κ2) is 7.35. The van der Waals surface area contributed by atoms with E-state index in [2.05, 4.69) is 22.4 Å². The molecule has 0 bridgehead atoms. The highest BCUT2D eigenvalue weighted by atomic mass is 16.1. The number of carbonyl (C=O) groups excluding carboxylic acids is 1. The SMILES string of the molecule is O=C(CCCn1cnc2ccccc2c1=O)NCC1(c2ccccc2)CC1. The summed E-state index contributed by atoms with van der Waals surface area (Å²) in [7, 11) is 0.